The van der Waals surface area contributed by atoms with Gasteiger partial charge in [0.25, 0.3) is 0 Å². The number of imidazole rings is 1. The minimum atomic E-state index is -0.637. The van der Waals surface area contributed by atoms with Crippen LogP contribution in [-0.2, 0) is 16.2 Å². The van der Waals surface area contributed by atoms with E-state index in [2.05, 4.69) is 73.2 Å². The third kappa shape index (κ3) is 10.6. The normalized spacial score (nSPS) is 15.5. The van der Waals surface area contributed by atoms with Crippen molar-refractivity contribution in [3.63, 3.8) is 0 Å². The zero-order chi connectivity index (χ0) is 34.2. The number of nitrogens with zero attached hydrogens (tertiary/aromatic N) is 4. The van der Waals surface area contributed by atoms with Crippen LogP contribution in [0.2, 0.25) is 0 Å². The van der Waals surface area contributed by atoms with Crippen LogP contribution in [0.25, 0.3) is 22.3 Å². The van der Waals surface area contributed by atoms with E-state index in [1.165, 1.54) is 0 Å². The van der Waals surface area contributed by atoms with E-state index in [1.54, 1.807) is 16.2 Å². The lowest BCUT2D eigenvalue weighted by Crippen LogP contribution is -2.39. The van der Waals surface area contributed by atoms with Crippen LogP contribution in [0, 0.1) is 0 Å². The van der Waals surface area contributed by atoms with Gasteiger partial charge in [-0.25, -0.2) is 24.8 Å². The van der Waals surface area contributed by atoms with Crippen molar-refractivity contribution in [1.82, 2.24) is 19.4 Å². The zero-order valence-corrected chi connectivity index (χ0v) is 30.9. The first-order valence-electron chi connectivity index (χ1n) is 15.5. The highest BCUT2D eigenvalue weighted by molar-refractivity contribution is 8.32. The second-order valence-electron chi connectivity index (χ2n) is 13.4. The van der Waals surface area contributed by atoms with Crippen LogP contribution in [0.4, 0.5) is 4.79 Å². The van der Waals surface area contributed by atoms with E-state index < -0.39 is 15.6 Å². The van der Waals surface area contributed by atoms with E-state index in [1.807, 2.05) is 58.5 Å². The Morgan fingerprint density at radius 1 is 1.15 bits per heavy atom. The number of allylic oxidation sites excluding steroid dienone is 9. The average Bonchev–Trinajstić information content (AvgIpc) is 3.62. The zero-order valence-electron chi connectivity index (χ0n) is 29.2. The fourth-order valence-corrected chi connectivity index (χ4v) is 6.14. The molecule has 3 rings (SSSR count). The maximum Gasteiger partial charge on any atom is 0.410 e. The largest absolute Gasteiger partial charge is 0.444 e. The molecule has 3 heterocycles. The topological polar surface area (TPSA) is 69.5 Å². The Labute approximate surface area is 282 Å². The third-order valence-corrected chi connectivity index (χ3v) is 9.46. The molecule has 9 heteroatoms. The Bertz CT molecular complexity index is 1570. The second-order valence-corrected chi connectivity index (χ2v) is 18.8. The summed E-state index contributed by atoms with van der Waals surface area (Å²) < 4.78 is 13.6. The molecule has 1 aliphatic heterocycles. The highest BCUT2D eigenvalue weighted by Gasteiger charge is 2.24. The van der Waals surface area contributed by atoms with Gasteiger partial charge in [-0.15, -0.1) is 11.3 Å². The molecule has 0 aliphatic carbocycles. The summed E-state index contributed by atoms with van der Waals surface area (Å²) in [6, 6.07) is 0. The van der Waals surface area contributed by atoms with E-state index in [0.717, 1.165) is 67.7 Å². The molecule has 0 saturated carbocycles. The molecular formula is C37H52N4O3S2. The number of hydrogen-bond acceptors (Lipinski definition) is 6. The first-order valence-corrected chi connectivity index (χ1v) is 19.4. The average molecular weight is 665 g/mol. The Hall–Kier alpha value is -3.40. The van der Waals surface area contributed by atoms with E-state index >= 15 is 0 Å². The SMILES string of the molecule is C=C\C(=C/C(=C/C(=C\C)c1nc(C2=CCN(C(=O)OC(C)(C)C)CC2)cs1)C(=C)C)c1c(C(=C)C)ncn1COCCS(C)(C)C. The monoisotopic (exact) mass is 664 g/mol. The number of amides is 1. The molecule has 0 spiro atoms. The van der Waals surface area contributed by atoms with Gasteiger partial charge in [0.2, 0.25) is 0 Å². The van der Waals surface area contributed by atoms with Gasteiger partial charge in [-0.1, -0.05) is 43.5 Å². The summed E-state index contributed by atoms with van der Waals surface area (Å²) in [5.41, 5.74) is 7.97. The summed E-state index contributed by atoms with van der Waals surface area (Å²) >= 11 is 1.61. The molecule has 250 valence electrons. The van der Waals surface area contributed by atoms with Crippen LogP contribution < -0.4 is 0 Å². The Kier molecular flexibility index (Phi) is 12.8. The number of carbonyl (C=O) groups excluding carboxylic acids is 1. The Balaban J connectivity index is 1.88. The van der Waals surface area contributed by atoms with E-state index in [4.69, 9.17) is 14.5 Å². The van der Waals surface area contributed by atoms with Gasteiger partial charge < -0.3 is 18.9 Å². The number of hydrogen-bond donors (Lipinski definition) is 0. The van der Waals surface area contributed by atoms with Crippen LogP contribution in [0.3, 0.4) is 0 Å². The maximum absolute atomic E-state index is 12.5. The fraction of sp³-hybridized carbons (Fsp3) is 0.432. The van der Waals surface area contributed by atoms with Crippen molar-refractivity contribution in [3.05, 3.63) is 95.1 Å². The predicted octanol–water partition coefficient (Wildman–Crippen LogP) is 9.24. The molecule has 7 nitrogen and oxygen atoms in total. The van der Waals surface area contributed by atoms with Crippen LogP contribution in [-0.4, -0.2) is 75.3 Å². The van der Waals surface area contributed by atoms with Gasteiger partial charge in [-0.2, -0.15) is 0 Å². The highest BCUT2D eigenvalue weighted by Crippen LogP contribution is 2.34. The van der Waals surface area contributed by atoms with Gasteiger partial charge in [0, 0.05) is 35.4 Å². The lowest BCUT2D eigenvalue weighted by Gasteiger charge is -2.29. The molecule has 0 atom stereocenters. The summed E-state index contributed by atoms with van der Waals surface area (Å²) in [4.78, 5) is 23.9. The molecule has 1 aliphatic rings. The van der Waals surface area contributed by atoms with Gasteiger partial charge in [0.05, 0.1) is 30.0 Å². The van der Waals surface area contributed by atoms with Crippen molar-refractivity contribution < 1.29 is 14.3 Å². The summed E-state index contributed by atoms with van der Waals surface area (Å²) in [5, 5.41) is 3.01. The van der Waals surface area contributed by atoms with Crippen LogP contribution in [0.5, 0.6) is 0 Å². The molecule has 1 amide bonds. The summed E-state index contributed by atoms with van der Waals surface area (Å²) in [6.45, 7) is 26.4. The molecule has 2 aromatic rings. The first kappa shape index (κ1) is 37.1. The third-order valence-electron chi connectivity index (χ3n) is 7.17. The Morgan fingerprint density at radius 3 is 2.41 bits per heavy atom. The molecule has 46 heavy (non-hydrogen) atoms. The highest BCUT2D eigenvalue weighted by atomic mass is 32.3. The maximum atomic E-state index is 12.5. The van der Waals surface area contributed by atoms with Crippen molar-refractivity contribution >= 4 is 49.8 Å². The first-order chi connectivity index (χ1) is 21.5. The molecule has 0 N–H and O–H groups in total. The minimum absolute atomic E-state index is 0.283. The van der Waals surface area contributed by atoms with Crippen molar-refractivity contribution in [1.29, 1.82) is 0 Å². The van der Waals surface area contributed by atoms with Crippen molar-refractivity contribution in [2.24, 2.45) is 0 Å². The number of carbonyl (C=O) groups is 1. The molecular weight excluding hydrogens is 613 g/mol. The van der Waals surface area contributed by atoms with E-state index in [0.29, 0.717) is 26.4 Å². The molecule has 0 aromatic carbocycles. The number of aromatic nitrogens is 3. The van der Waals surface area contributed by atoms with Crippen LogP contribution in [0.15, 0.2) is 73.0 Å². The lowest BCUT2D eigenvalue weighted by molar-refractivity contribution is 0.0270. The van der Waals surface area contributed by atoms with Crippen LogP contribution >= 0.6 is 21.4 Å². The molecule has 0 unspecified atom stereocenters. The van der Waals surface area contributed by atoms with Crippen LogP contribution in [0.1, 0.15) is 70.1 Å². The van der Waals surface area contributed by atoms with Crippen molar-refractivity contribution in [2.45, 2.75) is 60.3 Å². The van der Waals surface area contributed by atoms with Gasteiger partial charge in [-0.05, 0) is 95.6 Å². The molecule has 2 aromatic heterocycles. The molecule has 0 saturated heterocycles. The number of rotatable bonds is 13. The Morgan fingerprint density at radius 2 is 1.87 bits per heavy atom. The second kappa shape index (κ2) is 15.9. The van der Waals surface area contributed by atoms with Gasteiger partial charge in [0.1, 0.15) is 17.3 Å². The lowest BCUT2D eigenvalue weighted by atomic mass is 9.99. The van der Waals surface area contributed by atoms with Crippen molar-refractivity contribution in [3.8, 4) is 0 Å². The minimum Gasteiger partial charge on any atom is -0.444 e. The summed E-state index contributed by atoms with van der Waals surface area (Å²) in [7, 11) is -0.637. The van der Waals surface area contributed by atoms with Gasteiger partial charge >= 0.3 is 6.09 Å². The van der Waals surface area contributed by atoms with Gasteiger partial charge in [-0.3, -0.25) is 0 Å². The molecule has 0 radical (unpaired) electrons. The van der Waals surface area contributed by atoms with E-state index in [9.17, 15) is 4.79 Å². The standard InChI is InChI=1S/C37H52N4O3S2/c1-13-28(34-33(27(5)6)38-24-41(34)25-43-19-20-46(10,11)12)21-31(26(3)4)22-29(14-2)35-39-32(23-45-35)30-15-17-40(18-16-30)36(42)44-37(7,8)9/h13-15,21-24H,1,3,5,16-20,25H2,2,4,6-12H3/b28-21+,29-14+,31-22-. The van der Waals surface area contributed by atoms with Gasteiger partial charge in [0.15, 0.2) is 0 Å². The quantitative estimate of drug-likeness (QED) is 0.158. The predicted molar refractivity (Wildman–Crippen MR) is 200 cm³/mol. The number of ether oxygens (including phenoxy) is 2. The number of thiazole rings is 1. The fourth-order valence-electron chi connectivity index (χ4n) is 4.63. The summed E-state index contributed by atoms with van der Waals surface area (Å²) in [5.74, 6) is 1.05. The molecule has 0 fully saturated rings. The smallest absolute Gasteiger partial charge is 0.410 e. The summed E-state index contributed by atoms with van der Waals surface area (Å²) in [6.07, 6.45) is 19.4. The van der Waals surface area contributed by atoms with E-state index in [-0.39, 0.29) is 6.09 Å². The molecule has 0 bridgehead atoms. The van der Waals surface area contributed by atoms with Crippen molar-refractivity contribution in [2.75, 3.05) is 44.2 Å².